The lowest BCUT2D eigenvalue weighted by atomic mass is 9.98. The number of aromatic nitrogens is 6. The summed E-state index contributed by atoms with van der Waals surface area (Å²) in [4.78, 5) is 25.4. The van der Waals surface area contributed by atoms with Gasteiger partial charge in [0, 0.05) is 55.7 Å². The van der Waals surface area contributed by atoms with E-state index in [-0.39, 0.29) is 0 Å². The summed E-state index contributed by atoms with van der Waals surface area (Å²) in [6.45, 7) is 0. The van der Waals surface area contributed by atoms with Crippen LogP contribution in [0.5, 0.6) is 0 Å². The van der Waals surface area contributed by atoms with Crippen molar-refractivity contribution in [2.24, 2.45) is 0 Å². The molecule has 0 unspecified atom stereocenters. The molecule has 0 amide bonds. The van der Waals surface area contributed by atoms with E-state index in [1.165, 1.54) is 0 Å². The summed E-state index contributed by atoms with van der Waals surface area (Å²) >= 11 is 0. The fourth-order valence-corrected chi connectivity index (χ4v) is 8.02. The third-order valence-electron chi connectivity index (χ3n) is 10.9. The van der Waals surface area contributed by atoms with Gasteiger partial charge in [0.2, 0.25) is 0 Å². The van der Waals surface area contributed by atoms with E-state index < -0.39 is 0 Å². The molecule has 11 rings (SSSR count). The van der Waals surface area contributed by atoms with Crippen LogP contribution in [0.4, 0.5) is 0 Å². The van der Waals surface area contributed by atoms with Crippen LogP contribution in [0.25, 0.3) is 106 Å². The van der Waals surface area contributed by atoms with E-state index in [1.807, 2.05) is 72.8 Å². The largest absolute Gasteiger partial charge is 0.298 e. The van der Waals surface area contributed by atoms with Gasteiger partial charge >= 0.3 is 0 Å². The highest BCUT2D eigenvalue weighted by Gasteiger charge is 2.21. The van der Waals surface area contributed by atoms with Gasteiger partial charge < -0.3 is 0 Å². The molecule has 0 aliphatic rings. The van der Waals surface area contributed by atoms with E-state index in [2.05, 4.69) is 138 Å². The summed E-state index contributed by atoms with van der Waals surface area (Å²) in [5, 5.41) is 3.22. The van der Waals surface area contributed by atoms with Crippen LogP contribution in [0.15, 0.2) is 206 Å². The van der Waals surface area contributed by atoms with Crippen molar-refractivity contribution in [1.82, 2.24) is 29.3 Å². The predicted molar refractivity (Wildman–Crippen MR) is 239 cm³/mol. The molecule has 6 heteroatoms. The van der Waals surface area contributed by atoms with Gasteiger partial charge in [0.1, 0.15) is 5.65 Å². The standard InChI is InChI=1S/C53H34N6/c1-5-16-36(17-6-1)47-44-32-33-59-49(48(37-18-7-2-8-19-37)55-53(59)46(44)43-26-13-14-27-45(43)54-47)42-25-15-24-41(34-42)35-28-30-40(31-29-35)52-57-50(38-20-9-3-10-21-38)56-51(58-52)39-22-11-4-12-23-39/h1-34H. The van der Waals surface area contributed by atoms with Gasteiger partial charge in [-0.2, -0.15) is 0 Å². The van der Waals surface area contributed by atoms with Gasteiger partial charge in [0.25, 0.3) is 0 Å². The Bertz CT molecular complexity index is 3230. The monoisotopic (exact) mass is 754 g/mol. The summed E-state index contributed by atoms with van der Waals surface area (Å²) in [6.07, 6.45) is 2.15. The SMILES string of the molecule is c1ccc(-c2nc(-c3ccccc3)nc(-c3ccc(-c4cccc(-c5c(-c6ccccc6)nc6c7c(ccn56)c(-c5ccccc5)nc5ccccc57)c4)cc3)n2)cc1. The lowest BCUT2D eigenvalue weighted by Gasteiger charge is -2.12. The lowest BCUT2D eigenvalue weighted by molar-refractivity contribution is 1.07. The van der Waals surface area contributed by atoms with E-state index in [4.69, 9.17) is 24.9 Å². The molecule has 6 nitrogen and oxygen atoms in total. The first-order valence-electron chi connectivity index (χ1n) is 19.7. The van der Waals surface area contributed by atoms with E-state index >= 15 is 0 Å². The first kappa shape index (κ1) is 34.2. The number of nitrogens with zero attached hydrogens (tertiary/aromatic N) is 6. The Balaban J connectivity index is 1.05. The summed E-state index contributed by atoms with van der Waals surface area (Å²) in [6, 6.07) is 68.8. The maximum Gasteiger partial charge on any atom is 0.164 e. The summed E-state index contributed by atoms with van der Waals surface area (Å²) in [5.74, 6) is 1.91. The predicted octanol–water partition coefficient (Wildman–Crippen LogP) is 12.9. The van der Waals surface area contributed by atoms with Crippen LogP contribution < -0.4 is 0 Å². The zero-order valence-electron chi connectivity index (χ0n) is 31.8. The van der Waals surface area contributed by atoms with Crippen molar-refractivity contribution < 1.29 is 0 Å². The topological polar surface area (TPSA) is 68.9 Å². The van der Waals surface area contributed by atoms with Crippen molar-refractivity contribution in [3.63, 3.8) is 0 Å². The smallest absolute Gasteiger partial charge is 0.164 e. The Morgan fingerprint density at radius 1 is 0.305 bits per heavy atom. The average Bonchev–Trinajstić information content (AvgIpc) is 3.72. The normalized spacial score (nSPS) is 11.4. The first-order chi connectivity index (χ1) is 29.2. The van der Waals surface area contributed by atoms with Gasteiger partial charge in [-0.15, -0.1) is 0 Å². The van der Waals surface area contributed by atoms with Crippen molar-refractivity contribution in [1.29, 1.82) is 0 Å². The van der Waals surface area contributed by atoms with Crippen LogP contribution in [0, 0.1) is 0 Å². The molecule has 59 heavy (non-hydrogen) atoms. The molecule has 276 valence electrons. The highest BCUT2D eigenvalue weighted by atomic mass is 15.0. The van der Waals surface area contributed by atoms with Crippen LogP contribution in [0.1, 0.15) is 0 Å². The molecule has 0 spiro atoms. The molecule has 0 aliphatic carbocycles. The maximum atomic E-state index is 5.49. The molecule has 11 aromatic rings. The minimum absolute atomic E-state index is 0.626. The van der Waals surface area contributed by atoms with Crippen LogP contribution in [0.3, 0.4) is 0 Å². The van der Waals surface area contributed by atoms with Crippen LogP contribution in [0.2, 0.25) is 0 Å². The van der Waals surface area contributed by atoms with Crippen molar-refractivity contribution >= 4 is 27.3 Å². The summed E-state index contributed by atoms with van der Waals surface area (Å²) in [7, 11) is 0. The molecular formula is C53H34N6. The van der Waals surface area contributed by atoms with Crippen molar-refractivity contribution in [2.75, 3.05) is 0 Å². The van der Waals surface area contributed by atoms with Gasteiger partial charge in [0.15, 0.2) is 17.5 Å². The molecule has 0 fully saturated rings. The lowest BCUT2D eigenvalue weighted by Crippen LogP contribution is -2.00. The van der Waals surface area contributed by atoms with Crippen LogP contribution in [-0.2, 0) is 0 Å². The molecule has 0 saturated heterocycles. The fourth-order valence-electron chi connectivity index (χ4n) is 8.02. The van der Waals surface area contributed by atoms with Crippen molar-refractivity contribution in [3.05, 3.63) is 206 Å². The highest BCUT2D eigenvalue weighted by molar-refractivity contribution is 6.17. The Labute approximate surface area is 340 Å². The Kier molecular flexibility index (Phi) is 8.37. The second-order valence-electron chi connectivity index (χ2n) is 14.5. The third-order valence-corrected chi connectivity index (χ3v) is 10.9. The number of para-hydroxylation sites is 1. The quantitative estimate of drug-likeness (QED) is 0.152. The number of hydrogen-bond donors (Lipinski definition) is 0. The summed E-state index contributed by atoms with van der Waals surface area (Å²) < 4.78 is 2.25. The first-order valence-corrected chi connectivity index (χ1v) is 19.7. The Morgan fingerprint density at radius 3 is 1.39 bits per heavy atom. The van der Waals surface area contributed by atoms with Gasteiger partial charge in [0.05, 0.1) is 22.6 Å². The van der Waals surface area contributed by atoms with Crippen molar-refractivity contribution in [2.45, 2.75) is 0 Å². The minimum Gasteiger partial charge on any atom is -0.298 e. The van der Waals surface area contributed by atoms with Gasteiger partial charge in [-0.05, 0) is 29.3 Å². The van der Waals surface area contributed by atoms with Gasteiger partial charge in [-0.3, -0.25) is 4.40 Å². The molecule has 0 radical (unpaired) electrons. The molecule has 7 aromatic carbocycles. The molecule has 4 aromatic heterocycles. The second kappa shape index (κ2) is 14.4. The Hall–Kier alpha value is -8.09. The molecule has 0 bridgehead atoms. The van der Waals surface area contributed by atoms with Gasteiger partial charge in [-0.1, -0.05) is 182 Å². The number of rotatable bonds is 7. The maximum absolute atomic E-state index is 5.49. The summed E-state index contributed by atoms with van der Waals surface area (Å²) in [5.41, 5.74) is 12.9. The molecular weight excluding hydrogens is 721 g/mol. The third kappa shape index (κ3) is 6.20. The van der Waals surface area contributed by atoms with E-state index in [0.717, 1.165) is 88.9 Å². The zero-order chi connectivity index (χ0) is 39.1. The molecule has 4 heterocycles. The van der Waals surface area contributed by atoms with Crippen molar-refractivity contribution in [3.8, 4) is 79.1 Å². The number of pyridine rings is 2. The van der Waals surface area contributed by atoms with Crippen LogP contribution >= 0.6 is 0 Å². The minimum atomic E-state index is 0.626. The molecule has 0 N–H and O–H groups in total. The zero-order valence-corrected chi connectivity index (χ0v) is 31.8. The second-order valence-corrected chi connectivity index (χ2v) is 14.5. The molecule has 0 atom stereocenters. The van der Waals surface area contributed by atoms with Crippen LogP contribution in [-0.4, -0.2) is 29.3 Å². The highest BCUT2D eigenvalue weighted by Crippen LogP contribution is 2.40. The van der Waals surface area contributed by atoms with E-state index in [1.54, 1.807) is 0 Å². The molecule has 0 aliphatic heterocycles. The van der Waals surface area contributed by atoms with E-state index in [0.29, 0.717) is 17.5 Å². The number of imidazole rings is 1. The fraction of sp³-hybridized carbons (Fsp3) is 0. The van der Waals surface area contributed by atoms with E-state index in [9.17, 15) is 0 Å². The number of hydrogen-bond acceptors (Lipinski definition) is 5. The number of benzene rings is 7. The Morgan fingerprint density at radius 2 is 0.780 bits per heavy atom. The molecule has 0 saturated carbocycles. The van der Waals surface area contributed by atoms with Gasteiger partial charge in [-0.25, -0.2) is 24.9 Å². The number of fused-ring (bicyclic) bond motifs is 5. The average molecular weight is 755 g/mol.